The number of rotatable bonds is 5. The standard InChI is InChI=1S/C17H15NO3/c19-16(14-10-4-5-11-15(14)17(20)21)18-12-6-9-13-7-2-1-3-8-13/h1-11H,12H2,(H,18,19)(H,20,21)/b9-6+. The molecule has 0 radical (unpaired) electrons. The summed E-state index contributed by atoms with van der Waals surface area (Å²) in [6.45, 7) is 0.335. The molecular weight excluding hydrogens is 266 g/mol. The second kappa shape index (κ2) is 7.05. The van der Waals surface area contributed by atoms with Crippen molar-refractivity contribution in [3.05, 3.63) is 77.4 Å². The molecule has 2 N–H and O–H groups in total. The highest BCUT2D eigenvalue weighted by molar-refractivity contribution is 6.04. The molecule has 0 heterocycles. The van der Waals surface area contributed by atoms with Crippen LogP contribution in [0.1, 0.15) is 26.3 Å². The molecule has 0 unspecified atom stereocenters. The van der Waals surface area contributed by atoms with Crippen LogP contribution in [-0.2, 0) is 0 Å². The summed E-state index contributed by atoms with van der Waals surface area (Å²) in [6, 6.07) is 15.9. The van der Waals surface area contributed by atoms with Gasteiger partial charge in [-0.05, 0) is 17.7 Å². The van der Waals surface area contributed by atoms with Crippen molar-refractivity contribution in [1.29, 1.82) is 0 Å². The van der Waals surface area contributed by atoms with E-state index < -0.39 is 11.9 Å². The normalized spacial score (nSPS) is 10.5. The number of benzene rings is 2. The second-order valence-electron chi connectivity index (χ2n) is 4.37. The van der Waals surface area contributed by atoms with Crippen LogP contribution in [0.3, 0.4) is 0 Å². The molecule has 2 rings (SSSR count). The highest BCUT2D eigenvalue weighted by Gasteiger charge is 2.14. The molecule has 0 bridgehead atoms. The minimum atomic E-state index is -1.11. The van der Waals surface area contributed by atoms with E-state index in [4.69, 9.17) is 5.11 Å². The summed E-state index contributed by atoms with van der Waals surface area (Å²) in [5.41, 5.74) is 1.21. The summed E-state index contributed by atoms with van der Waals surface area (Å²) < 4.78 is 0. The molecule has 0 fully saturated rings. The van der Waals surface area contributed by atoms with Crippen LogP contribution in [0.15, 0.2) is 60.7 Å². The molecule has 2 aromatic carbocycles. The molecular formula is C17H15NO3. The van der Waals surface area contributed by atoms with Gasteiger partial charge in [0.1, 0.15) is 0 Å². The van der Waals surface area contributed by atoms with E-state index in [0.717, 1.165) is 5.56 Å². The maximum atomic E-state index is 12.0. The van der Waals surface area contributed by atoms with Gasteiger partial charge in [-0.1, -0.05) is 54.6 Å². The first kappa shape index (κ1) is 14.5. The minimum absolute atomic E-state index is 0.00189. The largest absolute Gasteiger partial charge is 0.478 e. The van der Waals surface area contributed by atoms with E-state index in [9.17, 15) is 9.59 Å². The SMILES string of the molecule is O=C(O)c1ccccc1C(=O)NC/C=C/c1ccccc1. The molecule has 106 valence electrons. The summed E-state index contributed by atoms with van der Waals surface area (Å²) in [5.74, 6) is -1.51. The van der Waals surface area contributed by atoms with E-state index in [2.05, 4.69) is 5.32 Å². The van der Waals surface area contributed by atoms with Crippen LogP contribution in [0.5, 0.6) is 0 Å². The van der Waals surface area contributed by atoms with Gasteiger partial charge >= 0.3 is 5.97 Å². The van der Waals surface area contributed by atoms with Gasteiger partial charge in [-0.15, -0.1) is 0 Å². The maximum Gasteiger partial charge on any atom is 0.336 e. The second-order valence-corrected chi connectivity index (χ2v) is 4.37. The third kappa shape index (κ3) is 4.04. The van der Waals surface area contributed by atoms with Gasteiger partial charge in [-0.25, -0.2) is 4.79 Å². The number of carboxylic acids is 1. The van der Waals surface area contributed by atoms with Crippen molar-refractivity contribution in [1.82, 2.24) is 5.32 Å². The number of nitrogens with one attached hydrogen (secondary N) is 1. The van der Waals surface area contributed by atoms with E-state index in [1.165, 1.54) is 12.1 Å². The van der Waals surface area contributed by atoms with Crippen LogP contribution in [0, 0.1) is 0 Å². The van der Waals surface area contributed by atoms with Crippen molar-refractivity contribution >= 4 is 18.0 Å². The summed E-state index contributed by atoms with van der Waals surface area (Å²) >= 11 is 0. The first-order valence-electron chi connectivity index (χ1n) is 6.50. The van der Waals surface area contributed by atoms with Gasteiger partial charge in [0.15, 0.2) is 0 Å². The van der Waals surface area contributed by atoms with E-state index in [1.807, 2.05) is 42.5 Å². The Bertz CT molecular complexity index is 663. The molecule has 4 heteroatoms. The molecule has 1 amide bonds. The number of carboxylic acid groups (broad SMARTS) is 1. The Balaban J connectivity index is 1.97. The van der Waals surface area contributed by atoms with Crippen molar-refractivity contribution in [2.75, 3.05) is 6.54 Å². The number of carbonyl (C=O) groups is 2. The number of amides is 1. The van der Waals surface area contributed by atoms with Gasteiger partial charge in [0.25, 0.3) is 5.91 Å². The highest BCUT2D eigenvalue weighted by Crippen LogP contribution is 2.08. The van der Waals surface area contributed by atoms with Crippen molar-refractivity contribution in [2.24, 2.45) is 0 Å². The molecule has 0 aromatic heterocycles. The van der Waals surface area contributed by atoms with Crippen LogP contribution >= 0.6 is 0 Å². The highest BCUT2D eigenvalue weighted by atomic mass is 16.4. The first-order valence-corrected chi connectivity index (χ1v) is 6.50. The third-order valence-corrected chi connectivity index (χ3v) is 2.89. The average Bonchev–Trinajstić information content (AvgIpc) is 2.52. The molecule has 0 aliphatic heterocycles. The van der Waals surface area contributed by atoms with Crippen LogP contribution in [-0.4, -0.2) is 23.5 Å². The Morgan fingerprint density at radius 2 is 1.57 bits per heavy atom. The number of carbonyl (C=O) groups excluding carboxylic acids is 1. The zero-order valence-electron chi connectivity index (χ0n) is 11.3. The van der Waals surface area contributed by atoms with E-state index in [-0.39, 0.29) is 11.1 Å². The predicted octanol–water partition coefficient (Wildman–Crippen LogP) is 2.83. The Hall–Kier alpha value is -2.88. The molecule has 4 nitrogen and oxygen atoms in total. The van der Waals surface area contributed by atoms with Gasteiger partial charge in [-0.2, -0.15) is 0 Å². The molecule has 0 aliphatic rings. The van der Waals surface area contributed by atoms with Gasteiger partial charge in [0.05, 0.1) is 11.1 Å². The topological polar surface area (TPSA) is 66.4 Å². The molecule has 0 saturated carbocycles. The fourth-order valence-electron chi connectivity index (χ4n) is 1.87. The van der Waals surface area contributed by atoms with E-state index in [0.29, 0.717) is 6.54 Å². The summed E-state index contributed by atoms with van der Waals surface area (Å²) in [5, 5.41) is 11.7. The smallest absolute Gasteiger partial charge is 0.336 e. The van der Waals surface area contributed by atoms with Crippen LogP contribution in [0.4, 0.5) is 0 Å². The fraction of sp³-hybridized carbons (Fsp3) is 0.0588. The lowest BCUT2D eigenvalue weighted by Crippen LogP contribution is -2.25. The Morgan fingerprint density at radius 3 is 2.24 bits per heavy atom. The van der Waals surface area contributed by atoms with Gasteiger partial charge < -0.3 is 10.4 Å². The van der Waals surface area contributed by atoms with E-state index >= 15 is 0 Å². The Kier molecular flexibility index (Phi) is 4.88. The molecule has 0 saturated heterocycles. The lowest BCUT2D eigenvalue weighted by atomic mass is 10.1. The molecule has 2 aromatic rings. The fourth-order valence-corrected chi connectivity index (χ4v) is 1.87. The molecule has 0 spiro atoms. The maximum absolute atomic E-state index is 12.0. The van der Waals surface area contributed by atoms with Gasteiger partial charge in [0.2, 0.25) is 0 Å². The van der Waals surface area contributed by atoms with Gasteiger partial charge in [0, 0.05) is 6.54 Å². The monoisotopic (exact) mass is 281 g/mol. The zero-order valence-corrected chi connectivity index (χ0v) is 11.3. The average molecular weight is 281 g/mol. The summed E-state index contributed by atoms with van der Waals surface area (Å²) in [6.07, 6.45) is 3.71. The minimum Gasteiger partial charge on any atom is -0.478 e. The predicted molar refractivity (Wildman–Crippen MR) is 81.2 cm³/mol. The van der Waals surface area contributed by atoms with E-state index in [1.54, 1.807) is 12.1 Å². The van der Waals surface area contributed by atoms with Crippen molar-refractivity contribution in [3.63, 3.8) is 0 Å². The van der Waals surface area contributed by atoms with Crippen molar-refractivity contribution in [3.8, 4) is 0 Å². The number of hydrogen-bond acceptors (Lipinski definition) is 2. The first-order chi connectivity index (χ1) is 10.2. The lowest BCUT2D eigenvalue weighted by Gasteiger charge is -2.05. The van der Waals surface area contributed by atoms with Crippen molar-refractivity contribution in [2.45, 2.75) is 0 Å². The molecule has 21 heavy (non-hydrogen) atoms. The van der Waals surface area contributed by atoms with Crippen molar-refractivity contribution < 1.29 is 14.7 Å². The summed E-state index contributed by atoms with van der Waals surface area (Å²) in [4.78, 5) is 23.0. The molecule has 0 aliphatic carbocycles. The van der Waals surface area contributed by atoms with Crippen LogP contribution in [0.2, 0.25) is 0 Å². The third-order valence-electron chi connectivity index (χ3n) is 2.89. The quantitative estimate of drug-likeness (QED) is 0.885. The Labute approximate surface area is 122 Å². The van der Waals surface area contributed by atoms with Gasteiger partial charge in [-0.3, -0.25) is 4.79 Å². The lowest BCUT2D eigenvalue weighted by molar-refractivity contribution is 0.0691. The molecule has 0 atom stereocenters. The Morgan fingerprint density at radius 1 is 0.952 bits per heavy atom. The van der Waals surface area contributed by atoms with Crippen LogP contribution < -0.4 is 5.32 Å². The zero-order chi connectivity index (χ0) is 15.1. The summed E-state index contributed by atoms with van der Waals surface area (Å²) in [7, 11) is 0. The number of aromatic carboxylic acids is 1. The number of hydrogen-bond donors (Lipinski definition) is 2. The van der Waals surface area contributed by atoms with Crippen LogP contribution in [0.25, 0.3) is 6.08 Å².